The zero-order valence-electron chi connectivity index (χ0n) is 10.7. The molecule has 0 saturated heterocycles. The minimum Gasteiger partial charge on any atom is -0.313 e. The SMILES string of the molecule is CCNCc1ccc(CN(C)C2CC2)c(Br)c1. The Bertz CT molecular complexity index is 374. The van der Waals surface area contributed by atoms with Crippen molar-refractivity contribution < 1.29 is 0 Å². The molecule has 1 aliphatic rings. The van der Waals surface area contributed by atoms with Crippen LogP contribution in [0, 0.1) is 0 Å². The topological polar surface area (TPSA) is 15.3 Å². The monoisotopic (exact) mass is 296 g/mol. The van der Waals surface area contributed by atoms with Gasteiger partial charge in [-0.05, 0) is 43.6 Å². The van der Waals surface area contributed by atoms with Gasteiger partial charge in [0, 0.05) is 23.6 Å². The minimum absolute atomic E-state index is 0.823. The fraction of sp³-hybridized carbons (Fsp3) is 0.571. The van der Waals surface area contributed by atoms with Crippen LogP contribution in [-0.4, -0.2) is 24.5 Å². The van der Waals surface area contributed by atoms with Gasteiger partial charge in [-0.25, -0.2) is 0 Å². The summed E-state index contributed by atoms with van der Waals surface area (Å²) in [4.78, 5) is 2.45. The van der Waals surface area contributed by atoms with Crippen molar-refractivity contribution in [3.8, 4) is 0 Å². The van der Waals surface area contributed by atoms with Crippen molar-refractivity contribution in [3.63, 3.8) is 0 Å². The number of halogens is 1. The van der Waals surface area contributed by atoms with Crippen LogP contribution in [-0.2, 0) is 13.1 Å². The number of benzene rings is 1. The van der Waals surface area contributed by atoms with Crippen molar-refractivity contribution >= 4 is 15.9 Å². The van der Waals surface area contributed by atoms with Gasteiger partial charge in [-0.1, -0.05) is 35.0 Å². The van der Waals surface area contributed by atoms with Gasteiger partial charge in [0.25, 0.3) is 0 Å². The van der Waals surface area contributed by atoms with Gasteiger partial charge in [0.1, 0.15) is 0 Å². The van der Waals surface area contributed by atoms with E-state index in [4.69, 9.17) is 0 Å². The molecule has 1 saturated carbocycles. The number of nitrogens with zero attached hydrogens (tertiary/aromatic N) is 1. The van der Waals surface area contributed by atoms with Crippen LogP contribution in [0.25, 0.3) is 0 Å². The molecule has 3 heteroatoms. The molecule has 0 atom stereocenters. The van der Waals surface area contributed by atoms with E-state index in [1.165, 1.54) is 28.4 Å². The fourth-order valence-corrected chi connectivity index (χ4v) is 2.56. The molecule has 0 spiro atoms. The molecular formula is C14H21BrN2. The van der Waals surface area contributed by atoms with E-state index in [0.29, 0.717) is 0 Å². The average Bonchev–Trinajstić information content (AvgIpc) is 3.13. The molecule has 0 unspecified atom stereocenters. The molecule has 0 radical (unpaired) electrons. The van der Waals surface area contributed by atoms with Crippen molar-refractivity contribution in [2.24, 2.45) is 0 Å². The molecule has 0 heterocycles. The Morgan fingerprint density at radius 2 is 2.18 bits per heavy atom. The summed E-state index contributed by atoms with van der Waals surface area (Å²) in [5.74, 6) is 0. The van der Waals surface area contributed by atoms with Gasteiger partial charge in [-0.3, -0.25) is 4.90 Å². The fourth-order valence-electron chi connectivity index (χ4n) is 2.01. The Morgan fingerprint density at radius 3 is 2.76 bits per heavy atom. The van der Waals surface area contributed by atoms with Crippen LogP contribution < -0.4 is 5.32 Å². The van der Waals surface area contributed by atoms with Crippen molar-refractivity contribution in [1.82, 2.24) is 10.2 Å². The van der Waals surface area contributed by atoms with Crippen molar-refractivity contribution in [1.29, 1.82) is 0 Å². The minimum atomic E-state index is 0.823. The third-order valence-electron chi connectivity index (χ3n) is 3.29. The number of rotatable bonds is 6. The molecule has 0 aliphatic heterocycles. The van der Waals surface area contributed by atoms with E-state index in [0.717, 1.165) is 25.7 Å². The maximum atomic E-state index is 3.68. The summed E-state index contributed by atoms with van der Waals surface area (Å²) < 4.78 is 1.24. The largest absolute Gasteiger partial charge is 0.313 e. The van der Waals surface area contributed by atoms with Crippen molar-refractivity contribution in [3.05, 3.63) is 33.8 Å². The highest BCUT2D eigenvalue weighted by Crippen LogP contribution is 2.28. The van der Waals surface area contributed by atoms with E-state index in [-0.39, 0.29) is 0 Å². The van der Waals surface area contributed by atoms with E-state index >= 15 is 0 Å². The molecule has 1 fully saturated rings. The Labute approximate surface area is 113 Å². The van der Waals surface area contributed by atoms with Crippen LogP contribution in [0.4, 0.5) is 0 Å². The van der Waals surface area contributed by atoms with Gasteiger partial charge in [0.2, 0.25) is 0 Å². The Morgan fingerprint density at radius 1 is 1.41 bits per heavy atom. The highest BCUT2D eigenvalue weighted by atomic mass is 79.9. The zero-order chi connectivity index (χ0) is 12.3. The lowest BCUT2D eigenvalue weighted by Crippen LogP contribution is -2.20. The van der Waals surface area contributed by atoms with E-state index in [1.807, 2.05) is 0 Å². The second kappa shape index (κ2) is 5.98. The summed E-state index contributed by atoms with van der Waals surface area (Å²) in [6.45, 7) is 5.15. The van der Waals surface area contributed by atoms with Gasteiger partial charge >= 0.3 is 0 Å². The van der Waals surface area contributed by atoms with Gasteiger partial charge in [-0.2, -0.15) is 0 Å². The molecule has 1 aliphatic carbocycles. The summed E-state index contributed by atoms with van der Waals surface area (Å²) in [6.07, 6.45) is 2.74. The first-order valence-electron chi connectivity index (χ1n) is 6.39. The molecule has 94 valence electrons. The summed E-state index contributed by atoms with van der Waals surface area (Å²) in [5.41, 5.74) is 2.73. The first-order chi connectivity index (χ1) is 8.20. The molecule has 1 aromatic rings. The quantitative estimate of drug-likeness (QED) is 0.867. The number of hydrogen-bond donors (Lipinski definition) is 1. The number of hydrogen-bond acceptors (Lipinski definition) is 2. The maximum Gasteiger partial charge on any atom is 0.0244 e. The molecule has 1 N–H and O–H groups in total. The normalized spacial score (nSPS) is 15.5. The van der Waals surface area contributed by atoms with E-state index < -0.39 is 0 Å². The molecule has 2 rings (SSSR count). The van der Waals surface area contributed by atoms with Crippen molar-refractivity contribution in [2.75, 3.05) is 13.6 Å². The standard InChI is InChI=1S/C14H21BrN2/c1-3-16-9-11-4-5-12(14(15)8-11)10-17(2)13-6-7-13/h4-5,8,13,16H,3,6-7,9-10H2,1-2H3. The maximum absolute atomic E-state index is 3.68. The van der Waals surface area contributed by atoms with Crippen LogP contribution in [0.3, 0.4) is 0 Å². The van der Waals surface area contributed by atoms with E-state index in [2.05, 4.69) is 58.3 Å². The lowest BCUT2D eigenvalue weighted by Gasteiger charge is -2.17. The Kier molecular flexibility index (Phi) is 4.60. The van der Waals surface area contributed by atoms with Crippen LogP contribution in [0.15, 0.2) is 22.7 Å². The van der Waals surface area contributed by atoms with Gasteiger partial charge < -0.3 is 5.32 Å². The van der Waals surface area contributed by atoms with E-state index in [9.17, 15) is 0 Å². The third kappa shape index (κ3) is 3.80. The molecule has 1 aromatic carbocycles. The summed E-state index contributed by atoms with van der Waals surface area (Å²) in [6, 6.07) is 7.53. The van der Waals surface area contributed by atoms with Crippen molar-refractivity contribution in [2.45, 2.75) is 38.9 Å². The first-order valence-corrected chi connectivity index (χ1v) is 7.18. The second-order valence-electron chi connectivity index (χ2n) is 4.85. The zero-order valence-corrected chi connectivity index (χ0v) is 12.3. The lowest BCUT2D eigenvalue weighted by atomic mass is 10.1. The molecular weight excluding hydrogens is 276 g/mol. The second-order valence-corrected chi connectivity index (χ2v) is 5.71. The summed E-state index contributed by atoms with van der Waals surface area (Å²) in [5, 5.41) is 3.35. The van der Waals surface area contributed by atoms with Crippen LogP contribution in [0.1, 0.15) is 30.9 Å². The smallest absolute Gasteiger partial charge is 0.0244 e. The molecule has 0 amide bonds. The summed E-state index contributed by atoms with van der Waals surface area (Å²) in [7, 11) is 2.22. The Hall–Kier alpha value is -0.380. The molecule has 0 aromatic heterocycles. The Balaban J connectivity index is 1.97. The van der Waals surface area contributed by atoms with Gasteiger partial charge in [0.15, 0.2) is 0 Å². The van der Waals surface area contributed by atoms with Crippen LogP contribution in [0.2, 0.25) is 0 Å². The third-order valence-corrected chi connectivity index (χ3v) is 4.02. The highest BCUT2D eigenvalue weighted by molar-refractivity contribution is 9.10. The predicted octanol–water partition coefficient (Wildman–Crippen LogP) is 3.15. The van der Waals surface area contributed by atoms with Gasteiger partial charge in [-0.15, -0.1) is 0 Å². The van der Waals surface area contributed by atoms with Crippen LogP contribution in [0.5, 0.6) is 0 Å². The molecule has 17 heavy (non-hydrogen) atoms. The number of nitrogens with one attached hydrogen (secondary N) is 1. The lowest BCUT2D eigenvalue weighted by molar-refractivity contribution is 0.316. The molecule has 0 bridgehead atoms. The highest BCUT2D eigenvalue weighted by Gasteiger charge is 2.26. The molecule has 2 nitrogen and oxygen atoms in total. The first kappa shape index (κ1) is 13.1. The predicted molar refractivity (Wildman–Crippen MR) is 76.0 cm³/mol. The van der Waals surface area contributed by atoms with Gasteiger partial charge in [0.05, 0.1) is 0 Å². The van der Waals surface area contributed by atoms with E-state index in [1.54, 1.807) is 0 Å². The summed E-state index contributed by atoms with van der Waals surface area (Å²) >= 11 is 3.68. The average molecular weight is 297 g/mol. The van der Waals surface area contributed by atoms with Crippen LogP contribution >= 0.6 is 15.9 Å².